The molecule has 0 aromatic carbocycles. The van der Waals surface area contributed by atoms with E-state index in [1.807, 2.05) is 22.7 Å². The first-order valence-electron chi connectivity index (χ1n) is 8.31. The molecule has 8 heteroatoms. The summed E-state index contributed by atoms with van der Waals surface area (Å²) < 4.78 is 5.20. The highest BCUT2D eigenvalue weighted by Gasteiger charge is 2.24. The van der Waals surface area contributed by atoms with Crippen LogP contribution in [0.2, 0.25) is 0 Å². The number of carbonyl (C=O) groups excluding carboxylic acids is 1. The third-order valence-electron chi connectivity index (χ3n) is 3.67. The molecule has 140 valence electrons. The molecule has 1 saturated heterocycles. The smallest absolute Gasteiger partial charge is 0.289 e. The first-order chi connectivity index (χ1) is 11.8. The second kappa shape index (κ2) is 12.2. The zero-order valence-corrected chi connectivity index (χ0v) is 17.8. The Morgan fingerprint density at radius 2 is 2.12 bits per heavy atom. The molecular weight excluding hydrogens is 451 g/mol. The molecule has 1 N–H and O–H groups in total. The lowest BCUT2D eigenvalue weighted by atomic mass is 10.3. The van der Waals surface area contributed by atoms with Crippen LogP contribution < -0.4 is 5.32 Å². The predicted molar refractivity (Wildman–Crippen MR) is 115 cm³/mol. The van der Waals surface area contributed by atoms with Gasteiger partial charge in [0.15, 0.2) is 11.7 Å². The van der Waals surface area contributed by atoms with E-state index in [-0.39, 0.29) is 29.9 Å². The van der Waals surface area contributed by atoms with Crippen molar-refractivity contribution < 1.29 is 9.21 Å². The number of carbonyl (C=O) groups is 1. The van der Waals surface area contributed by atoms with Gasteiger partial charge in [0.1, 0.15) is 0 Å². The number of rotatable bonds is 7. The summed E-state index contributed by atoms with van der Waals surface area (Å²) in [6.07, 6.45) is 3.44. The molecule has 2 rings (SSSR count). The normalized spacial score (nSPS) is 14.8. The minimum absolute atomic E-state index is 0. The van der Waals surface area contributed by atoms with Crippen molar-refractivity contribution in [3.63, 3.8) is 0 Å². The second-order valence-electron chi connectivity index (χ2n) is 5.36. The number of nitrogens with one attached hydrogen (secondary N) is 1. The number of halogens is 1. The molecule has 0 atom stereocenters. The van der Waals surface area contributed by atoms with Gasteiger partial charge in [0.2, 0.25) is 0 Å². The maximum atomic E-state index is 12.3. The average molecular weight is 478 g/mol. The van der Waals surface area contributed by atoms with Crippen LogP contribution in [-0.4, -0.2) is 72.4 Å². The molecule has 1 fully saturated rings. The van der Waals surface area contributed by atoms with Crippen molar-refractivity contribution in [2.24, 2.45) is 4.99 Å². The zero-order chi connectivity index (χ0) is 17.2. The van der Waals surface area contributed by atoms with Crippen LogP contribution in [0.1, 0.15) is 17.5 Å². The molecule has 2 heterocycles. The molecule has 0 unspecified atom stereocenters. The lowest BCUT2D eigenvalue weighted by Gasteiger charge is -2.36. The van der Waals surface area contributed by atoms with Crippen molar-refractivity contribution in [1.82, 2.24) is 15.1 Å². The van der Waals surface area contributed by atoms with Gasteiger partial charge < -0.3 is 19.5 Å². The molecule has 1 aromatic rings. The summed E-state index contributed by atoms with van der Waals surface area (Å²) >= 11 is 1.83. The lowest BCUT2D eigenvalue weighted by molar-refractivity contribution is 0.0657. The van der Waals surface area contributed by atoms with Crippen LogP contribution in [0.4, 0.5) is 0 Å². The summed E-state index contributed by atoms with van der Waals surface area (Å²) in [5, 5.41) is 3.34. The number of amides is 1. The van der Waals surface area contributed by atoms with E-state index in [0.29, 0.717) is 18.8 Å². The van der Waals surface area contributed by atoms with E-state index in [1.54, 1.807) is 12.1 Å². The van der Waals surface area contributed by atoms with Crippen LogP contribution in [0.5, 0.6) is 0 Å². The minimum Gasteiger partial charge on any atom is -0.459 e. The van der Waals surface area contributed by atoms with Crippen LogP contribution in [-0.2, 0) is 0 Å². The monoisotopic (exact) mass is 478 g/mol. The summed E-state index contributed by atoms with van der Waals surface area (Å²) in [6, 6.07) is 3.45. The van der Waals surface area contributed by atoms with Crippen molar-refractivity contribution in [1.29, 1.82) is 0 Å². The molecule has 0 saturated carbocycles. The Kier molecular flexibility index (Phi) is 10.7. The first-order valence-corrected chi connectivity index (χ1v) is 9.46. The fraction of sp³-hybridized carbons (Fsp3) is 0.529. The van der Waals surface area contributed by atoms with Crippen LogP contribution in [0.15, 0.2) is 40.5 Å². The number of hydrogen-bond donors (Lipinski definition) is 1. The fourth-order valence-electron chi connectivity index (χ4n) is 2.49. The van der Waals surface area contributed by atoms with Gasteiger partial charge in [0.05, 0.1) is 12.8 Å². The van der Waals surface area contributed by atoms with Crippen LogP contribution in [0.3, 0.4) is 0 Å². The van der Waals surface area contributed by atoms with Crippen molar-refractivity contribution in [2.45, 2.75) is 6.92 Å². The quantitative estimate of drug-likeness (QED) is 0.215. The Morgan fingerprint density at radius 1 is 1.40 bits per heavy atom. The van der Waals surface area contributed by atoms with Gasteiger partial charge in [0.25, 0.3) is 5.91 Å². The number of furan rings is 1. The molecule has 0 spiro atoms. The van der Waals surface area contributed by atoms with Gasteiger partial charge in [-0.2, -0.15) is 11.8 Å². The van der Waals surface area contributed by atoms with Crippen LogP contribution in [0.25, 0.3) is 0 Å². The Bertz CT molecular complexity index is 543. The number of piperazine rings is 1. The molecule has 0 bridgehead atoms. The highest BCUT2D eigenvalue weighted by molar-refractivity contribution is 14.0. The van der Waals surface area contributed by atoms with Crippen molar-refractivity contribution in [3.05, 3.63) is 36.8 Å². The van der Waals surface area contributed by atoms with Crippen LogP contribution in [0, 0.1) is 0 Å². The summed E-state index contributed by atoms with van der Waals surface area (Å²) in [5.41, 5.74) is 0. The number of aliphatic imine (C=N–C) groups is 1. The van der Waals surface area contributed by atoms with E-state index in [9.17, 15) is 4.79 Å². The highest BCUT2D eigenvalue weighted by atomic mass is 127. The van der Waals surface area contributed by atoms with E-state index in [1.165, 1.54) is 6.26 Å². The number of hydrogen-bond acceptors (Lipinski definition) is 4. The standard InChI is InChI=1S/C17H26N4O2S.HI/c1-3-13-24-14-7-19-17(18-4-2)21-10-8-20(9-11-21)16(22)15-6-5-12-23-15;/h3,5-6,12H,1,4,7-11,13-14H2,2H3,(H,18,19);1H. The highest BCUT2D eigenvalue weighted by Crippen LogP contribution is 2.09. The first kappa shape index (κ1) is 21.9. The Balaban J connectivity index is 0.00000312. The van der Waals surface area contributed by atoms with Gasteiger partial charge >= 0.3 is 0 Å². The fourth-order valence-corrected chi connectivity index (χ4v) is 3.04. The Hall–Kier alpha value is -1.16. The molecule has 6 nitrogen and oxygen atoms in total. The largest absolute Gasteiger partial charge is 0.459 e. The second-order valence-corrected chi connectivity index (χ2v) is 6.51. The molecule has 25 heavy (non-hydrogen) atoms. The number of thioether (sulfide) groups is 1. The zero-order valence-electron chi connectivity index (χ0n) is 14.6. The predicted octanol–water partition coefficient (Wildman–Crippen LogP) is 2.54. The molecule has 1 aliphatic heterocycles. The minimum atomic E-state index is -0.0394. The maximum Gasteiger partial charge on any atom is 0.289 e. The van der Waals surface area contributed by atoms with E-state index in [4.69, 9.17) is 4.42 Å². The van der Waals surface area contributed by atoms with Gasteiger partial charge in [0, 0.05) is 44.2 Å². The van der Waals surface area contributed by atoms with E-state index in [2.05, 4.69) is 28.7 Å². The average Bonchev–Trinajstić information content (AvgIpc) is 3.15. The molecular formula is C17H27IN4O2S. The SMILES string of the molecule is C=CCSCCN=C(NCC)N1CCN(C(=O)c2ccco2)CC1.I. The molecule has 1 amide bonds. The van der Waals surface area contributed by atoms with Crippen LogP contribution >= 0.6 is 35.7 Å². The van der Waals surface area contributed by atoms with Gasteiger partial charge in [-0.05, 0) is 19.1 Å². The van der Waals surface area contributed by atoms with Gasteiger partial charge in [-0.15, -0.1) is 30.6 Å². The third kappa shape index (κ3) is 6.93. The van der Waals surface area contributed by atoms with E-state index in [0.717, 1.165) is 43.6 Å². The molecule has 0 radical (unpaired) electrons. The van der Waals surface area contributed by atoms with Crippen molar-refractivity contribution in [2.75, 3.05) is 50.8 Å². The maximum absolute atomic E-state index is 12.3. The summed E-state index contributed by atoms with van der Waals surface area (Å²) in [5.74, 6) is 3.24. The van der Waals surface area contributed by atoms with E-state index >= 15 is 0 Å². The lowest BCUT2D eigenvalue weighted by Crippen LogP contribution is -2.53. The Morgan fingerprint density at radius 3 is 2.72 bits per heavy atom. The van der Waals surface area contributed by atoms with Gasteiger partial charge in [-0.1, -0.05) is 6.08 Å². The topological polar surface area (TPSA) is 61.1 Å². The molecule has 0 aliphatic carbocycles. The summed E-state index contributed by atoms with van der Waals surface area (Å²) in [4.78, 5) is 21.0. The Labute approximate surface area is 171 Å². The van der Waals surface area contributed by atoms with Gasteiger partial charge in [-0.25, -0.2) is 0 Å². The third-order valence-corrected chi connectivity index (χ3v) is 4.61. The summed E-state index contributed by atoms with van der Waals surface area (Å²) in [6.45, 7) is 10.3. The summed E-state index contributed by atoms with van der Waals surface area (Å²) in [7, 11) is 0. The van der Waals surface area contributed by atoms with Crippen molar-refractivity contribution in [3.8, 4) is 0 Å². The number of guanidine groups is 1. The van der Waals surface area contributed by atoms with Crippen molar-refractivity contribution >= 4 is 47.6 Å². The number of nitrogens with zero attached hydrogens (tertiary/aromatic N) is 3. The van der Waals surface area contributed by atoms with E-state index < -0.39 is 0 Å². The molecule has 1 aromatic heterocycles. The van der Waals surface area contributed by atoms with Gasteiger partial charge in [-0.3, -0.25) is 9.79 Å². The molecule has 1 aliphatic rings.